The largest absolute Gasteiger partial charge is 0.462 e. The van der Waals surface area contributed by atoms with Crippen molar-refractivity contribution in [2.24, 2.45) is 41.4 Å². The van der Waals surface area contributed by atoms with Gasteiger partial charge in [-0.15, -0.1) is 0 Å². The number of allylic oxidation sites excluding steroid dienone is 2. The lowest BCUT2D eigenvalue weighted by Crippen LogP contribution is -2.79. The molecule has 0 aromatic rings. The Bertz CT molecular complexity index is 871. The van der Waals surface area contributed by atoms with Crippen LogP contribution in [0, 0.1) is 41.4 Å². The van der Waals surface area contributed by atoms with Gasteiger partial charge in [-0.1, -0.05) is 12.2 Å². The number of hydrogen-bond donors (Lipinski definition) is 0. The van der Waals surface area contributed by atoms with Crippen molar-refractivity contribution in [1.82, 2.24) is 0 Å². The van der Waals surface area contributed by atoms with E-state index >= 15 is 8.78 Å². The Labute approximate surface area is 175 Å². The number of alkyl halides is 5. The van der Waals surface area contributed by atoms with Gasteiger partial charge in [0.2, 0.25) is 0 Å². The lowest BCUT2D eigenvalue weighted by molar-refractivity contribution is -0.493. The molecule has 4 aliphatic carbocycles. The molecule has 10 atom stereocenters. The van der Waals surface area contributed by atoms with Gasteiger partial charge in [0.15, 0.2) is 5.60 Å². The van der Waals surface area contributed by atoms with E-state index in [4.69, 9.17) is 9.47 Å². The normalized spacial score (nSPS) is 50.8. The van der Waals surface area contributed by atoms with Crippen LogP contribution in [0.1, 0.15) is 33.6 Å². The van der Waals surface area contributed by atoms with E-state index in [2.05, 4.69) is 10.8 Å². The van der Waals surface area contributed by atoms with Crippen molar-refractivity contribution in [2.45, 2.75) is 63.2 Å². The molecule has 1 aliphatic heterocycles. The number of carbonyl (C=O) groups is 2. The van der Waals surface area contributed by atoms with E-state index in [-0.39, 0.29) is 29.6 Å². The molecule has 4 fully saturated rings. The van der Waals surface area contributed by atoms with E-state index in [1.54, 1.807) is 0 Å². The van der Waals surface area contributed by atoms with Gasteiger partial charge < -0.3 is 14.2 Å². The van der Waals surface area contributed by atoms with Gasteiger partial charge in [0.1, 0.15) is 0 Å². The fourth-order valence-electron chi connectivity index (χ4n) is 7.69. The quantitative estimate of drug-likeness (QED) is 0.277. The summed E-state index contributed by atoms with van der Waals surface area (Å²) in [6.45, 7) is 2.32. The van der Waals surface area contributed by atoms with Crippen molar-refractivity contribution in [3.05, 3.63) is 12.2 Å². The predicted molar refractivity (Wildman–Crippen MR) is 93.3 cm³/mol. The molecule has 0 spiro atoms. The highest BCUT2D eigenvalue weighted by atomic mass is 19.4. The van der Waals surface area contributed by atoms with Gasteiger partial charge in [-0.2, -0.15) is 22.0 Å². The molecular formula is C21H23F5O5. The maximum atomic E-state index is 15.9. The molecule has 0 aromatic carbocycles. The van der Waals surface area contributed by atoms with Crippen molar-refractivity contribution in [3.8, 4) is 0 Å². The molecule has 0 N–H and O–H groups in total. The minimum absolute atomic E-state index is 0.0258. The summed E-state index contributed by atoms with van der Waals surface area (Å²) in [6.07, 6.45) is -1.66. The van der Waals surface area contributed by atoms with Gasteiger partial charge >= 0.3 is 29.8 Å². The second-order valence-electron chi connectivity index (χ2n) is 9.76. The van der Waals surface area contributed by atoms with Crippen LogP contribution < -0.4 is 0 Å². The number of carbonyl (C=O) groups excluding carboxylic acids is 2. The number of hydrogen-bond acceptors (Lipinski definition) is 5. The molecule has 10 heteroatoms. The highest BCUT2D eigenvalue weighted by Gasteiger charge is 2.89. The third-order valence-electron chi connectivity index (χ3n) is 8.34. The smallest absolute Gasteiger partial charge is 0.452 e. The molecule has 1 heterocycles. The van der Waals surface area contributed by atoms with Gasteiger partial charge in [-0.3, -0.25) is 9.59 Å². The molecule has 4 bridgehead atoms. The number of fused-ring (bicyclic) bond motifs is 12. The fourth-order valence-corrected chi connectivity index (χ4v) is 7.69. The average Bonchev–Trinajstić information content (AvgIpc) is 3.35. The summed E-state index contributed by atoms with van der Waals surface area (Å²) in [5.41, 5.74) is -2.86. The van der Waals surface area contributed by atoms with Crippen molar-refractivity contribution >= 4 is 11.9 Å². The molecule has 5 rings (SSSR count). The van der Waals surface area contributed by atoms with E-state index < -0.39 is 53.4 Å². The first-order valence-corrected chi connectivity index (χ1v) is 10.4. The van der Waals surface area contributed by atoms with Crippen LogP contribution >= 0.6 is 0 Å². The SMILES string of the molecule is CC(=O)OC1(C)C2C3CC(C2OC(OC(C)=O)(C(F)(F)F)C1(F)F)C1C2C=CC(C2)C31. The summed E-state index contributed by atoms with van der Waals surface area (Å²) < 4.78 is 88.9. The minimum atomic E-state index is -5.76. The Morgan fingerprint density at radius 3 is 2.03 bits per heavy atom. The first-order chi connectivity index (χ1) is 14.2. The summed E-state index contributed by atoms with van der Waals surface area (Å²) in [5, 5.41) is 0. The van der Waals surface area contributed by atoms with Gasteiger partial charge in [0.25, 0.3) is 0 Å². The van der Waals surface area contributed by atoms with Crippen LogP contribution in [0.3, 0.4) is 0 Å². The number of esters is 2. The Balaban J connectivity index is 1.68. The molecule has 10 unspecified atom stereocenters. The first-order valence-electron chi connectivity index (χ1n) is 10.4. The highest BCUT2D eigenvalue weighted by molar-refractivity contribution is 5.68. The zero-order chi connectivity index (χ0) is 22.7. The van der Waals surface area contributed by atoms with E-state index in [1.807, 2.05) is 6.08 Å². The second-order valence-corrected chi connectivity index (χ2v) is 9.76. The molecule has 5 nitrogen and oxygen atoms in total. The molecule has 0 amide bonds. The van der Waals surface area contributed by atoms with Crippen LogP contribution in [0.5, 0.6) is 0 Å². The summed E-state index contributed by atoms with van der Waals surface area (Å²) in [6, 6.07) is 0. The lowest BCUT2D eigenvalue weighted by Gasteiger charge is -2.59. The second kappa shape index (κ2) is 5.99. The van der Waals surface area contributed by atoms with Gasteiger partial charge in [-0.05, 0) is 55.3 Å². The average molecular weight is 450 g/mol. The van der Waals surface area contributed by atoms with Crippen LogP contribution in [0.2, 0.25) is 0 Å². The topological polar surface area (TPSA) is 61.8 Å². The maximum Gasteiger partial charge on any atom is 0.462 e. The minimum Gasteiger partial charge on any atom is -0.452 e. The van der Waals surface area contributed by atoms with E-state index in [0.717, 1.165) is 20.3 Å². The predicted octanol–water partition coefficient (Wildman–Crippen LogP) is 3.87. The Hall–Kier alpha value is -1.71. The molecule has 0 aromatic heterocycles. The number of halogens is 5. The summed E-state index contributed by atoms with van der Waals surface area (Å²) in [5.74, 6) is -13.6. The van der Waals surface area contributed by atoms with Crippen molar-refractivity contribution < 1.29 is 45.8 Å². The van der Waals surface area contributed by atoms with E-state index in [9.17, 15) is 22.8 Å². The Morgan fingerprint density at radius 1 is 0.968 bits per heavy atom. The molecule has 5 aliphatic rings. The first kappa shape index (κ1) is 21.2. The molecule has 0 radical (unpaired) electrons. The monoisotopic (exact) mass is 450 g/mol. The zero-order valence-electron chi connectivity index (χ0n) is 17.1. The molecule has 172 valence electrons. The van der Waals surface area contributed by atoms with Crippen molar-refractivity contribution in [2.75, 3.05) is 0 Å². The Morgan fingerprint density at radius 2 is 1.52 bits per heavy atom. The van der Waals surface area contributed by atoms with Crippen molar-refractivity contribution in [3.63, 3.8) is 0 Å². The summed E-state index contributed by atoms with van der Waals surface area (Å²) >= 11 is 0. The molecular weight excluding hydrogens is 427 g/mol. The molecule has 31 heavy (non-hydrogen) atoms. The van der Waals surface area contributed by atoms with Crippen LogP contribution in [0.4, 0.5) is 22.0 Å². The summed E-state index contributed by atoms with van der Waals surface area (Å²) in [4.78, 5) is 23.4. The highest BCUT2D eigenvalue weighted by Crippen LogP contribution is 2.73. The number of ether oxygens (including phenoxy) is 3. The van der Waals surface area contributed by atoms with Gasteiger partial charge in [0.05, 0.1) is 6.10 Å². The van der Waals surface area contributed by atoms with E-state index in [1.165, 1.54) is 0 Å². The third-order valence-corrected chi connectivity index (χ3v) is 8.34. The van der Waals surface area contributed by atoms with Crippen LogP contribution in [0.25, 0.3) is 0 Å². The van der Waals surface area contributed by atoms with Gasteiger partial charge in [0, 0.05) is 19.8 Å². The maximum absolute atomic E-state index is 15.9. The van der Waals surface area contributed by atoms with Crippen LogP contribution in [-0.2, 0) is 23.8 Å². The van der Waals surface area contributed by atoms with Crippen LogP contribution in [0.15, 0.2) is 12.2 Å². The Kier molecular flexibility index (Phi) is 4.09. The zero-order valence-corrected chi connectivity index (χ0v) is 17.1. The standard InChI is InChI=1S/C21H23F5O5/c1-8(27)29-18(3)16-12-7-13(15-11-5-4-10(6-11)14(12)15)17(16)31-20(19(18,22)23,21(24,25)26)30-9(2)28/h4-5,10-17H,6-7H2,1-3H3. The third kappa shape index (κ3) is 2.35. The lowest BCUT2D eigenvalue weighted by atomic mass is 9.60. The van der Waals surface area contributed by atoms with E-state index in [0.29, 0.717) is 13.3 Å². The number of rotatable bonds is 2. The molecule has 1 saturated heterocycles. The molecule has 3 saturated carbocycles. The van der Waals surface area contributed by atoms with Crippen LogP contribution in [-0.4, -0.2) is 41.5 Å². The fraction of sp³-hybridized carbons (Fsp3) is 0.810. The van der Waals surface area contributed by atoms with Gasteiger partial charge in [-0.25, -0.2) is 0 Å². The summed E-state index contributed by atoms with van der Waals surface area (Å²) in [7, 11) is 0. The van der Waals surface area contributed by atoms with Crippen molar-refractivity contribution in [1.29, 1.82) is 0 Å².